The molecule has 8 nitrogen and oxygen atoms in total. The van der Waals surface area contributed by atoms with E-state index in [2.05, 4.69) is 11.6 Å². The number of hydrogen-bond donors (Lipinski definition) is 1. The standard InChI is InChI=1S/C33H26Cl2N2O6S/c1-4-15-42-32(41)30-19(3)36-33(44-30)37-27(21-11-14-24(34)25(35)16-21)26(29(39)31(37)40)28(38)20-9-12-23(13-10-20)43-17-22-8-6-5-7-18(22)2/h4-14,16,27,38H,1,15,17H2,2-3H3/b28-26+. The predicted molar refractivity (Wildman–Crippen MR) is 171 cm³/mol. The molecule has 3 aromatic carbocycles. The molecular formula is C33H26Cl2N2O6S. The van der Waals surface area contributed by atoms with Crippen molar-refractivity contribution in [3.63, 3.8) is 0 Å². The molecule has 0 spiro atoms. The molecule has 1 aliphatic rings. The van der Waals surface area contributed by atoms with Gasteiger partial charge in [0.15, 0.2) is 5.13 Å². The molecule has 1 amide bonds. The summed E-state index contributed by atoms with van der Waals surface area (Å²) < 4.78 is 11.1. The van der Waals surface area contributed by atoms with Gasteiger partial charge in [-0.3, -0.25) is 14.5 Å². The molecule has 1 atom stereocenters. The van der Waals surface area contributed by atoms with E-state index in [1.165, 1.54) is 18.2 Å². The van der Waals surface area contributed by atoms with Gasteiger partial charge in [-0.1, -0.05) is 77.5 Å². The van der Waals surface area contributed by atoms with E-state index < -0.39 is 29.5 Å². The number of ether oxygens (including phenoxy) is 2. The number of benzene rings is 3. The fourth-order valence-electron chi connectivity index (χ4n) is 4.70. The zero-order valence-corrected chi connectivity index (χ0v) is 26.0. The molecule has 11 heteroatoms. The van der Waals surface area contributed by atoms with Crippen LogP contribution in [-0.4, -0.2) is 34.4 Å². The maximum absolute atomic E-state index is 13.5. The molecule has 0 aliphatic carbocycles. The number of amides is 1. The van der Waals surface area contributed by atoms with E-state index in [1.54, 1.807) is 37.3 Å². The number of halogens is 2. The van der Waals surface area contributed by atoms with Gasteiger partial charge in [0.2, 0.25) is 0 Å². The lowest BCUT2D eigenvalue weighted by molar-refractivity contribution is -0.132. The topological polar surface area (TPSA) is 106 Å². The number of aliphatic hydroxyl groups excluding tert-OH is 1. The number of Topliss-reactive ketones (excluding diaryl/α,β-unsaturated/α-hetero) is 1. The van der Waals surface area contributed by atoms with Crippen LogP contribution >= 0.6 is 34.5 Å². The largest absolute Gasteiger partial charge is 0.507 e. The second kappa shape index (κ2) is 13.1. The van der Waals surface area contributed by atoms with Gasteiger partial charge in [0.1, 0.15) is 29.6 Å². The number of ketones is 1. The maximum atomic E-state index is 13.5. The summed E-state index contributed by atoms with van der Waals surface area (Å²) in [6.45, 7) is 7.49. The van der Waals surface area contributed by atoms with Gasteiger partial charge in [-0.25, -0.2) is 9.78 Å². The maximum Gasteiger partial charge on any atom is 0.350 e. The molecule has 4 aromatic rings. The highest BCUT2D eigenvalue weighted by Crippen LogP contribution is 2.45. The smallest absolute Gasteiger partial charge is 0.350 e. The van der Waals surface area contributed by atoms with Crippen LogP contribution in [0.5, 0.6) is 5.75 Å². The lowest BCUT2D eigenvalue weighted by atomic mass is 9.95. The highest BCUT2D eigenvalue weighted by molar-refractivity contribution is 7.17. The van der Waals surface area contributed by atoms with Crippen LogP contribution in [0.3, 0.4) is 0 Å². The van der Waals surface area contributed by atoms with E-state index in [0.29, 0.717) is 29.2 Å². The second-order valence-corrected chi connectivity index (χ2v) is 11.7. The molecular weight excluding hydrogens is 623 g/mol. The summed E-state index contributed by atoms with van der Waals surface area (Å²) >= 11 is 13.4. The summed E-state index contributed by atoms with van der Waals surface area (Å²) in [4.78, 5) is 45.4. The van der Waals surface area contributed by atoms with Crippen molar-refractivity contribution in [2.24, 2.45) is 0 Å². The van der Waals surface area contributed by atoms with Gasteiger partial charge in [-0.15, -0.1) is 0 Å². The Morgan fingerprint density at radius 3 is 2.48 bits per heavy atom. The molecule has 44 heavy (non-hydrogen) atoms. The summed E-state index contributed by atoms with van der Waals surface area (Å²) in [6.07, 6.45) is 1.43. The minimum atomic E-state index is -1.12. The average Bonchev–Trinajstić information content (AvgIpc) is 3.52. The molecule has 0 radical (unpaired) electrons. The number of esters is 1. The SMILES string of the molecule is C=CCOC(=O)c1sc(N2C(=O)C(=O)/C(=C(/O)c3ccc(OCc4ccccc4C)cc3)C2c2ccc(Cl)c(Cl)c2)nc1C. The van der Waals surface area contributed by atoms with E-state index >= 15 is 0 Å². The zero-order chi connectivity index (χ0) is 31.5. The highest BCUT2D eigenvalue weighted by Gasteiger charge is 2.48. The second-order valence-electron chi connectivity index (χ2n) is 9.88. The van der Waals surface area contributed by atoms with Crippen LogP contribution in [0.4, 0.5) is 5.13 Å². The molecule has 1 unspecified atom stereocenters. The summed E-state index contributed by atoms with van der Waals surface area (Å²) in [6, 6.07) is 18.0. The van der Waals surface area contributed by atoms with Crippen molar-refractivity contribution in [2.75, 3.05) is 11.5 Å². The van der Waals surface area contributed by atoms with Crippen LogP contribution in [0.1, 0.15) is 43.7 Å². The van der Waals surface area contributed by atoms with Crippen molar-refractivity contribution in [1.29, 1.82) is 0 Å². The van der Waals surface area contributed by atoms with Crippen LogP contribution in [0.25, 0.3) is 5.76 Å². The minimum absolute atomic E-state index is 0.00494. The predicted octanol–water partition coefficient (Wildman–Crippen LogP) is 7.61. The Kier molecular flexibility index (Phi) is 9.20. The molecule has 224 valence electrons. The van der Waals surface area contributed by atoms with E-state index in [9.17, 15) is 19.5 Å². The minimum Gasteiger partial charge on any atom is -0.507 e. The Labute approximate surface area is 267 Å². The fraction of sp³-hybridized carbons (Fsp3) is 0.152. The van der Waals surface area contributed by atoms with E-state index in [1.807, 2.05) is 31.2 Å². The van der Waals surface area contributed by atoms with Gasteiger partial charge in [0.25, 0.3) is 5.78 Å². The van der Waals surface area contributed by atoms with Crippen LogP contribution < -0.4 is 9.64 Å². The van der Waals surface area contributed by atoms with Crippen LogP contribution in [0, 0.1) is 13.8 Å². The number of aryl methyl sites for hydroxylation is 2. The van der Waals surface area contributed by atoms with Crippen LogP contribution in [-0.2, 0) is 20.9 Å². The lowest BCUT2D eigenvalue weighted by Gasteiger charge is -2.23. The molecule has 5 rings (SSSR count). The average molecular weight is 650 g/mol. The zero-order valence-electron chi connectivity index (χ0n) is 23.7. The third-order valence-corrected chi connectivity index (χ3v) is 8.87. The molecule has 1 fully saturated rings. The number of rotatable bonds is 9. The van der Waals surface area contributed by atoms with E-state index in [-0.39, 0.29) is 32.2 Å². The van der Waals surface area contributed by atoms with Gasteiger partial charge in [0, 0.05) is 5.56 Å². The van der Waals surface area contributed by atoms with Gasteiger partial charge >= 0.3 is 11.9 Å². The van der Waals surface area contributed by atoms with Gasteiger partial charge in [-0.05, 0) is 66.9 Å². The third-order valence-electron chi connectivity index (χ3n) is 7.00. The monoisotopic (exact) mass is 648 g/mol. The Bertz CT molecular complexity index is 1820. The highest BCUT2D eigenvalue weighted by atomic mass is 35.5. The van der Waals surface area contributed by atoms with Crippen LogP contribution in [0.15, 0.2) is 85.0 Å². The van der Waals surface area contributed by atoms with Crippen molar-refractivity contribution in [3.05, 3.63) is 128 Å². The first-order valence-electron chi connectivity index (χ1n) is 13.4. The number of hydrogen-bond acceptors (Lipinski definition) is 8. The third kappa shape index (κ3) is 6.12. The molecule has 1 aliphatic heterocycles. The summed E-state index contributed by atoms with van der Waals surface area (Å²) in [5.74, 6) is -2.34. The Morgan fingerprint density at radius 2 is 1.80 bits per heavy atom. The van der Waals surface area contributed by atoms with Crippen molar-refractivity contribution < 1.29 is 29.0 Å². The number of thiazole rings is 1. The van der Waals surface area contributed by atoms with E-state index in [4.69, 9.17) is 32.7 Å². The van der Waals surface area contributed by atoms with Crippen molar-refractivity contribution in [2.45, 2.75) is 26.5 Å². The first kappa shape index (κ1) is 31.0. The molecule has 1 N–H and O–H groups in total. The Hall–Kier alpha value is -4.44. The van der Waals surface area contributed by atoms with Crippen molar-refractivity contribution in [1.82, 2.24) is 4.98 Å². The van der Waals surface area contributed by atoms with Gasteiger partial charge < -0.3 is 14.6 Å². The first-order chi connectivity index (χ1) is 21.1. The molecule has 0 bridgehead atoms. The number of nitrogens with zero attached hydrogens (tertiary/aromatic N) is 2. The van der Waals surface area contributed by atoms with Crippen LogP contribution in [0.2, 0.25) is 10.0 Å². The molecule has 1 aromatic heterocycles. The Morgan fingerprint density at radius 1 is 1.07 bits per heavy atom. The number of anilines is 1. The number of carbonyl (C=O) groups excluding carboxylic acids is 3. The number of aromatic nitrogens is 1. The quantitative estimate of drug-likeness (QED) is 0.0654. The fourth-order valence-corrected chi connectivity index (χ4v) is 5.99. The molecule has 2 heterocycles. The lowest BCUT2D eigenvalue weighted by Crippen LogP contribution is -2.29. The summed E-state index contributed by atoms with van der Waals surface area (Å²) in [7, 11) is 0. The first-order valence-corrected chi connectivity index (χ1v) is 15.0. The van der Waals surface area contributed by atoms with Gasteiger partial charge in [-0.2, -0.15) is 0 Å². The van der Waals surface area contributed by atoms with Crippen molar-refractivity contribution in [3.8, 4) is 5.75 Å². The van der Waals surface area contributed by atoms with Gasteiger partial charge in [0.05, 0.1) is 27.4 Å². The van der Waals surface area contributed by atoms with Crippen molar-refractivity contribution >= 4 is 63.1 Å². The van der Waals surface area contributed by atoms with E-state index in [0.717, 1.165) is 27.4 Å². The Balaban J connectivity index is 1.54. The molecule has 0 saturated carbocycles. The summed E-state index contributed by atoms with van der Waals surface area (Å²) in [5, 5.41) is 12.0. The molecule has 1 saturated heterocycles. The summed E-state index contributed by atoms with van der Waals surface area (Å²) in [5.41, 5.74) is 2.98. The number of aliphatic hydroxyl groups is 1. The normalized spacial score (nSPS) is 15.8. The number of carbonyl (C=O) groups is 3.